The van der Waals surface area contributed by atoms with Crippen molar-refractivity contribution < 1.29 is 4.79 Å². The van der Waals surface area contributed by atoms with Crippen molar-refractivity contribution in [1.82, 2.24) is 4.90 Å². The molecule has 0 radical (unpaired) electrons. The number of nitrogens with zero attached hydrogens (tertiary/aromatic N) is 2. The van der Waals surface area contributed by atoms with E-state index in [0.29, 0.717) is 24.4 Å². The third-order valence-electron chi connectivity index (χ3n) is 3.57. The molecule has 1 aromatic carbocycles. The molecule has 4 heteroatoms. The van der Waals surface area contributed by atoms with E-state index in [2.05, 4.69) is 6.07 Å². The van der Waals surface area contributed by atoms with Gasteiger partial charge in [-0.1, -0.05) is 12.1 Å². The summed E-state index contributed by atoms with van der Waals surface area (Å²) in [6.07, 6.45) is 2.75. The van der Waals surface area contributed by atoms with Crippen LogP contribution in [0.4, 0.5) is 0 Å². The quantitative estimate of drug-likeness (QED) is 0.871. The standard InChI is InChI=1S/C15H19N3O/c1-18(15(19)8-14(17)13-6-7-13)10-12-4-2-11(9-16)3-5-12/h2-5,13-14H,6-8,10,17H2,1H3. The van der Waals surface area contributed by atoms with Gasteiger partial charge in [-0.2, -0.15) is 5.26 Å². The molecule has 1 aliphatic rings. The van der Waals surface area contributed by atoms with Crippen LogP contribution in [0.1, 0.15) is 30.4 Å². The second-order valence-corrected chi connectivity index (χ2v) is 5.26. The Hall–Kier alpha value is -1.86. The monoisotopic (exact) mass is 257 g/mol. The number of benzene rings is 1. The molecule has 100 valence electrons. The molecule has 1 aliphatic carbocycles. The first kappa shape index (κ1) is 13.6. The smallest absolute Gasteiger partial charge is 0.224 e. The third-order valence-corrected chi connectivity index (χ3v) is 3.57. The molecule has 19 heavy (non-hydrogen) atoms. The van der Waals surface area contributed by atoms with Crippen molar-refractivity contribution in [1.29, 1.82) is 5.26 Å². The minimum absolute atomic E-state index is 0.0101. The highest BCUT2D eigenvalue weighted by atomic mass is 16.2. The largest absolute Gasteiger partial charge is 0.341 e. The molecule has 1 amide bonds. The number of nitriles is 1. The van der Waals surface area contributed by atoms with Gasteiger partial charge >= 0.3 is 0 Å². The summed E-state index contributed by atoms with van der Waals surface area (Å²) in [6, 6.07) is 9.38. The maximum absolute atomic E-state index is 12.0. The van der Waals surface area contributed by atoms with E-state index in [-0.39, 0.29) is 11.9 Å². The van der Waals surface area contributed by atoms with Gasteiger partial charge in [0.1, 0.15) is 0 Å². The zero-order valence-electron chi connectivity index (χ0n) is 11.2. The molecule has 1 atom stereocenters. The number of carbonyl (C=O) groups excluding carboxylic acids is 1. The molecule has 1 unspecified atom stereocenters. The number of hydrogen-bond acceptors (Lipinski definition) is 3. The fraction of sp³-hybridized carbons (Fsp3) is 0.467. The van der Waals surface area contributed by atoms with Gasteiger partial charge in [0, 0.05) is 26.1 Å². The summed E-state index contributed by atoms with van der Waals surface area (Å²) in [7, 11) is 1.79. The zero-order valence-corrected chi connectivity index (χ0v) is 11.2. The van der Waals surface area contributed by atoms with Gasteiger partial charge in [-0.05, 0) is 36.5 Å². The van der Waals surface area contributed by atoms with Gasteiger partial charge in [-0.3, -0.25) is 4.79 Å². The van der Waals surface area contributed by atoms with Gasteiger partial charge in [0.15, 0.2) is 0 Å². The van der Waals surface area contributed by atoms with Gasteiger partial charge in [0.2, 0.25) is 5.91 Å². The summed E-state index contributed by atoms with van der Waals surface area (Å²) in [5.74, 6) is 0.635. The molecule has 0 aliphatic heterocycles. The summed E-state index contributed by atoms with van der Waals surface area (Å²) in [4.78, 5) is 13.7. The Morgan fingerprint density at radius 1 is 1.47 bits per heavy atom. The first-order valence-corrected chi connectivity index (χ1v) is 6.58. The Labute approximate surface area is 113 Å². The minimum Gasteiger partial charge on any atom is -0.341 e. The molecule has 4 nitrogen and oxygen atoms in total. The number of amides is 1. The van der Waals surface area contributed by atoms with Crippen molar-refractivity contribution >= 4 is 5.91 Å². The van der Waals surface area contributed by atoms with Crippen LogP contribution in [-0.2, 0) is 11.3 Å². The lowest BCUT2D eigenvalue weighted by Crippen LogP contribution is -2.34. The van der Waals surface area contributed by atoms with Crippen LogP contribution < -0.4 is 5.73 Å². The number of hydrogen-bond donors (Lipinski definition) is 1. The molecule has 1 aromatic rings. The van der Waals surface area contributed by atoms with Crippen molar-refractivity contribution in [2.45, 2.75) is 31.8 Å². The number of rotatable bonds is 5. The average molecular weight is 257 g/mol. The molecule has 0 aromatic heterocycles. The highest BCUT2D eigenvalue weighted by molar-refractivity contribution is 5.76. The molecule has 1 fully saturated rings. The normalized spacial score (nSPS) is 15.6. The van der Waals surface area contributed by atoms with Gasteiger partial charge in [-0.15, -0.1) is 0 Å². The molecule has 0 bridgehead atoms. The van der Waals surface area contributed by atoms with Crippen LogP contribution >= 0.6 is 0 Å². The fourth-order valence-corrected chi connectivity index (χ4v) is 2.10. The van der Waals surface area contributed by atoms with Crippen LogP contribution in [0, 0.1) is 17.2 Å². The molecule has 2 rings (SSSR count). The minimum atomic E-state index is 0.0101. The van der Waals surface area contributed by atoms with E-state index in [9.17, 15) is 4.79 Å². The van der Waals surface area contributed by atoms with Crippen molar-refractivity contribution in [3.63, 3.8) is 0 Å². The Morgan fingerprint density at radius 3 is 2.63 bits per heavy atom. The Balaban J connectivity index is 1.86. The predicted octanol–water partition coefficient (Wildman–Crippen LogP) is 1.64. The van der Waals surface area contributed by atoms with Crippen LogP contribution in [0.5, 0.6) is 0 Å². The van der Waals surface area contributed by atoms with E-state index in [1.165, 1.54) is 0 Å². The molecule has 0 spiro atoms. The molecule has 1 saturated carbocycles. The lowest BCUT2D eigenvalue weighted by molar-refractivity contribution is -0.130. The second kappa shape index (κ2) is 5.85. The maximum Gasteiger partial charge on any atom is 0.224 e. The number of nitrogens with two attached hydrogens (primary N) is 1. The first-order chi connectivity index (χ1) is 9.10. The number of carbonyl (C=O) groups is 1. The second-order valence-electron chi connectivity index (χ2n) is 5.26. The Kier molecular flexibility index (Phi) is 4.18. The lowest BCUT2D eigenvalue weighted by atomic mass is 10.1. The van der Waals surface area contributed by atoms with Crippen molar-refractivity contribution in [2.75, 3.05) is 7.05 Å². The lowest BCUT2D eigenvalue weighted by Gasteiger charge is -2.19. The van der Waals surface area contributed by atoms with Gasteiger partial charge < -0.3 is 10.6 Å². The van der Waals surface area contributed by atoms with Crippen molar-refractivity contribution in [3.05, 3.63) is 35.4 Å². The van der Waals surface area contributed by atoms with Gasteiger partial charge in [-0.25, -0.2) is 0 Å². The molecular weight excluding hydrogens is 238 g/mol. The average Bonchev–Trinajstić information content (AvgIpc) is 3.23. The first-order valence-electron chi connectivity index (χ1n) is 6.58. The topological polar surface area (TPSA) is 70.1 Å². The van der Waals surface area contributed by atoms with E-state index >= 15 is 0 Å². The van der Waals surface area contributed by atoms with Gasteiger partial charge in [0.25, 0.3) is 0 Å². The maximum atomic E-state index is 12.0. The van der Waals surface area contributed by atoms with Crippen LogP contribution in [0.2, 0.25) is 0 Å². The van der Waals surface area contributed by atoms with Crippen LogP contribution in [0.25, 0.3) is 0 Å². The Bertz CT molecular complexity index is 485. The summed E-state index contributed by atoms with van der Waals surface area (Å²) in [5.41, 5.74) is 7.62. The summed E-state index contributed by atoms with van der Waals surface area (Å²) in [5, 5.41) is 8.73. The highest BCUT2D eigenvalue weighted by Crippen LogP contribution is 2.32. The van der Waals surface area contributed by atoms with E-state index in [0.717, 1.165) is 18.4 Å². The molecule has 0 saturated heterocycles. The van der Waals surface area contributed by atoms with E-state index < -0.39 is 0 Å². The predicted molar refractivity (Wildman–Crippen MR) is 72.9 cm³/mol. The third kappa shape index (κ3) is 3.80. The summed E-state index contributed by atoms with van der Waals surface area (Å²) >= 11 is 0. The van der Waals surface area contributed by atoms with E-state index in [1.807, 2.05) is 12.1 Å². The van der Waals surface area contributed by atoms with Gasteiger partial charge in [0.05, 0.1) is 11.6 Å². The SMILES string of the molecule is CN(Cc1ccc(C#N)cc1)C(=O)CC(N)C1CC1. The fourth-order valence-electron chi connectivity index (χ4n) is 2.10. The highest BCUT2D eigenvalue weighted by Gasteiger charge is 2.30. The van der Waals surface area contributed by atoms with Crippen LogP contribution in [-0.4, -0.2) is 23.9 Å². The molecule has 0 heterocycles. The van der Waals surface area contributed by atoms with Crippen molar-refractivity contribution in [3.8, 4) is 6.07 Å². The summed E-state index contributed by atoms with van der Waals surface area (Å²) < 4.78 is 0. The van der Waals surface area contributed by atoms with Crippen LogP contribution in [0.15, 0.2) is 24.3 Å². The van der Waals surface area contributed by atoms with E-state index in [4.69, 9.17) is 11.0 Å². The summed E-state index contributed by atoms with van der Waals surface area (Å²) in [6.45, 7) is 0.557. The zero-order chi connectivity index (χ0) is 13.8. The Morgan fingerprint density at radius 2 is 2.11 bits per heavy atom. The molecular formula is C15H19N3O. The van der Waals surface area contributed by atoms with Crippen LogP contribution in [0.3, 0.4) is 0 Å². The molecule has 2 N–H and O–H groups in total. The van der Waals surface area contributed by atoms with Crippen molar-refractivity contribution in [2.24, 2.45) is 11.7 Å². The van der Waals surface area contributed by atoms with E-state index in [1.54, 1.807) is 24.1 Å².